The SMILES string of the molecule is NC(=O)c1cc(-c2ccc3c(c2)OCO3)cc2c1Cc1ccc(C(=O)N3CCOC(CO)C3)cc1-2. The first kappa shape index (κ1) is 21.6. The van der Waals surface area contributed by atoms with Crippen LogP contribution in [0.5, 0.6) is 11.5 Å². The monoisotopic (exact) mass is 472 g/mol. The molecule has 1 unspecified atom stereocenters. The number of rotatable bonds is 4. The Balaban J connectivity index is 1.41. The van der Waals surface area contributed by atoms with Crippen molar-refractivity contribution in [1.82, 2.24) is 4.90 Å². The first-order valence-electron chi connectivity index (χ1n) is 11.5. The molecule has 8 nitrogen and oxygen atoms in total. The Labute approximate surface area is 201 Å². The molecular formula is C27H24N2O6. The van der Waals surface area contributed by atoms with Gasteiger partial charge in [-0.3, -0.25) is 9.59 Å². The van der Waals surface area contributed by atoms with E-state index in [4.69, 9.17) is 19.9 Å². The Morgan fingerprint density at radius 1 is 1.00 bits per heavy atom. The number of morpholine rings is 1. The summed E-state index contributed by atoms with van der Waals surface area (Å²) in [7, 11) is 0. The number of hydrogen-bond donors (Lipinski definition) is 2. The minimum absolute atomic E-state index is 0.106. The lowest BCUT2D eigenvalue weighted by Gasteiger charge is -2.32. The second kappa shape index (κ2) is 8.41. The topological polar surface area (TPSA) is 111 Å². The van der Waals surface area contributed by atoms with Gasteiger partial charge in [-0.2, -0.15) is 0 Å². The van der Waals surface area contributed by atoms with E-state index in [1.807, 2.05) is 48.5 Å². The lowest BCUT2D eigenvalue weighted by molar-refractivity contribution is -0.0447. The normalized spacial score (nSPS) is 17.7. The molecule has 178 valence electrons. The van der Waals surface area contributed by atoms with E-state index in [0.29, 0.717) is 48.7 Å². The highest BCUT2D eigenvalue weighted by molar-refractivity contribution is 6.01. The maximum absolute atomic E-state index is 13.2. The van der Waals surface area contributed by atoms with E-state index in [9.17, 15) is 14.7 Å². The van der Waals surface area contributed by atoms with Crippen molar-refractivity contribution in [3.8, 4) is 33.8 Å². The van der Waals surface area contributed by atoms with Crippen LogP contribution in [0.2, 0.25) is 0 Å². The molecule has 1 aliphatic carbocycles. The van der Waals surface area contributed by atoms with Crippen LogP contribution in [0.1, 0.15) is 31.8 Å². The first-order valence-corrected chi connectivity index (χ1v) is 11.5. The van der Waals surface area contributed by atoms with Gasteiger partial charge in [-0.25, -0.2) is 0 Å². The van der Waals surface area contributed by atoms with Crippen LogP contribution in [0.25, 0.3) is 22.3 Å². The van der Waals surface area contributed by atoms with E-state index in [-0.39, 0.29) is 25.4 Å². The van der Waals surface area contributed by atoms with E-state index in [0.717, 1.165) is 33.4 Å². The molecular weight excluding hydrogens is 448 g/mol. The molecule has 1 saturated heterocycles. The largest absolute Gasteiger partial charge is 0.454 e. The summed E-state index contributed by atoms with van der Waals surface area (Å²) in [4.78, 5) is 27.3. The van der Waals surface area contributed by atoms with Crippen molar-refractivity contribution in [3.05, 3.63) is 70.8 Å². The van der Waals surface area contributed by atoms with Crippen LogP contribution in [-0.4, -0.2) is 61.0 Å². The van der Waals surface area contributed by atoms with Crippen LogP contribution in [0.4, 0.5) is 0 Å². The summed E-state index contributed by atoms with van der Waals surface area (Å²) in [6.45, 7) is 1.28. The molecule has 2 heterocycles. The Kier molecular flexibility index (Phi) is 5.20. The van der Waals surface area contributed by atoms with E-state index in [1.54, 1.807) is 4.90 Å². The third-order valence-corrected chi connectivity index (χ3v) is 6.87. The van der Waals surface area contributed by atoms with Gasteiger partial charge in [-0.1, -0.05) is 12.1 Å². The number of ether oxygens (including phenoxy) is 3. The number of fused-ring (bicyclic) bond motifs is 4. The highest BCUT2D eigenvalue weighted by Gasteiger charge is 2.28. The van der Waals surface area contributed by atoms with Crippen LogP contribution in [-0.2, 0) is 11.2 Å². The quantitative estimate of drug-likeness (QED) is 0.472. The first-order chi connectivity index (χ1) is 17.0. The van der Waals surface area contributed by atoms with Crippen molar-refractivity contribution in [2.75, 3.05) is 33.1 Å². The average Bonchev–Trinajstić information content (AvgIpc) is 3.51. The summed E-state index contributed by atoms with van der Waals surface area (Å²) in [6.07, 6.45) is 0.202. The molecule has 3 aromatic rings. The smallest absolute Gasteiger partial charge is 0.254 e. The lowest BCUT2D eigenvalue weighted by atomic mass is 9.93. The van der Waals surface area contributed by atoms with Crippen LogP contribution in [0.15, 0.2) is 48.5 Å². The predicted octanol–water partition coefficient (Wildman–Crippen LogP) is 2.59. The molecule has 0 aromatic heterocycles. The van der Waals surface area contributed by atoms with Crippen molar-refractivity contribution in [3.63, 3.8) is 0 Å². The molecule has 35 heavy (non-hydrogen) atoms. The number of carbonyl (C=O) groups excluding carboxylic acids is 2. The van der Waals surface area contributed by atoms with Gasteiger partial charge in [-0.05, 0) is 76.2 Å². The maximum Gasteiger partial charge on any atom is 0.254 e. The molecule has 1 fully saturated rings. The van der Waals surface area contributed by atoms with Gasteiger partial charge in [0.05, 0.1) is 19.3 Å². The molecule has 0 saturated carbocycles. The molecule has 0 radical (unpaired) electrons. The fraction of sp³-hybridized carbons (Fsp3) is 0.259. The number of amides is 2. The number of primary amides is 1. The van der Waals surface area contributed by atoms with Crippen LogP contribution in [0, 0.1) is 0 Å². The molecule has 2 aliphatic heterocycles. The maximum atomic E-state index is 13.2. The molecule has 0 spiro atoms. The van der Waals surface area contributed by atoms with Gasteiger partial charge >= 0.3 is 0 Å². The van der Waals surface area contributed by atoms with Gasteiger partial charge in [0.25, 0.3) is 5.91 Å². The van der Waals surface area contributed by atoms with Crippen molar-refractivity contribution < 1.29 is 28.9 Å². The van der Waals surface area contributed by atoms with E-state index in [1.165, 1.54) is 0 Å². The minimum atomic E-state index is -0.490. The number of carbonyl (C=O) groups is 2. The molecule has 3 aliphatic rings. The lowest BCUT2D eigenvalue weighted by Crippen LogP contribution is -2.46. The van der Waals surface area contributed by atoms with Gasteiger partial charge in [0, 0.05) is 24.2 Å². The average molecular weight is 472 g/mol. The highest BCUT2D eigenvalue weighted by Crippen LogP contribution is 2.43. The van der Waals surface area contributed by atoms with Gasteiger partial charge in [-0.15, -0.1) is 0 Å². The summed E-state index contributed by atoms with van der Waals surface area (Å²) >= 11 is 0. The molecule has 3 aromatic carbocycles. The summed E-state index contributed by atoms with van der Waals surface area (Å²) in [5.41, 5.74) is 12.2. The van der Waals surface area contributed by atoms with Gasteiger partial charge < -0.3 is 30.0 Å². The minimum Gasteiger partial charge on any atom is -0.454 e. The standard InChI is InChI=1S/C27H24N2O6/c28-26(31)23-10-18(15-3-4-24-25(11-15)35-14-34-24)9-21-20-8-17(2-1-16(20)7-22(21)23)27(32)29-5-6-33-19(12-29)13-30/h1-4,8-11,19,30H,5-7,12-14H2,(H2,28,31). The summed E-state index contributed by atoms with van der Waals surface area (Å²) in [5.74, 6) is 0.745. The van der Waals surface area contributed by atoms with Crippen molar-refractivity contribution in [2.24, 2.45) is 5.73 Å². The zero-order valence-corrected chi connectivity index (χ0v) is 19.0. The Morgan fingerprint density at radius 3 is 2.69 bits per heavy atom. The van der Waals surface area contributed by atoms with E-state index in [2.05, 4.69) is 0 Å². The van der Waals surface area contributed by atoms with Gasteiger partial charge in [0.2, 0.25) is 12.7 Å². The predicted molar refractivity (Wildman–Crippen MR) is 127 cm³/mol. The highest BCUT2D eigenvalue weighted by atomic mass is 16.7. The Morgan fingerprint density at radius 2 is 1.86 bits per heavy atom. The summed E-state index contributed by atoms with van der Waals surface area (Å²) in [6, 6.07) is 15.2. The van der Waals surface area contributed by atoms with Crippen molar-refractivity contribution >= 4 is 11.8 Å². The Bertz CT molecular complexity index is 1370. The molecule has 0 bridgehead atoms. The molecule has 3 N–H and O–H groups in total. The summed E-state index contributed by atoms with van der Waals surface area (Å²) in [5, 5.41) is 9.42. The third-order valence-electron chi connectivity index (χ3n) is 6.87. The summed E-state index contributed by atoms with van der Waals surface area (Å²) < 4.78 is 16.4. The van der Waals surface area contributed by atoms with Gasteiger partial charge in [0.15, 0.2) is 11.5 Å². The number of nitrogens with zero attached hydrogens (tertiary/aromatic N) is 1. The van der Waals surface area contributed by atoms with E-state index >= 15 is 0 Å². The van der Waals surface area contributed by atoms with Crippen LogP contribution >= 0.6 is 0 Å². The van der Waals surface area contributed by atoms with Crippen molar-refractivity contribution in [1.29, 1.82) is 0 Å². The van der Waals surface area contributed by atoms with Crippen molar-refractivity contribution in [2.45, 2.75) is 12.5 Å². The van der Waals surface area contributed by atoms with E-state index < -0.39 is 5.91 Å². The Hall–Kier alpha value is -3.88. The van der Waals surface area contributed by atoms with Crippen LogP contribution in [0.3, 0.4) is 0 Å². The molecule has 8 heteroatoms. The van der Waals surface area contributed by atoms with Crippen LogP contribution < -0.4 is 15.2 Å². The zero-order chi connectivity index (χ0) is 24.1. The second-order valence-electron chi connectivity index (χ2n) is 8.96. The fourth-order valence-electron chi connectivity index (χ4n) is 5.07. The zero-order valence-electron chi connectivity index (χ0n) is 19.0. The molecule has 1 atom stereocenters. The number of nitrogens with two attached hydrogens (primary N) is 1. The fourth-order valence-corrected chi connectivity index (χ4v) is 5.07. The second-order valence-corrected chi connectivity index (χ2v) is 8.96. The molecule has 6 rings (SSSR count). The molecule has 2 amide bonds. The number of benzene rings is 3. The third kappa shape index (κ3) is 3.71. The van der Waals surface area contributed by atoms with Gasteiger partial charge in [0.1, 0.15) is 0 Å². The number of aliphatic hydroxyl groups excluding tert-OH is 1. The number of aliphatic hydroxyl groups is 1. The number of hydrogen-bond acceptors (Lipinski definition) is 6.